The maximum atomic E-state index is 12.9. The first-order valence-electron chi connectivity index (χ1n) is 4.23. The van der Waals surface area contributed by atoms with E-state index in [2.05, 4.69) is 5.32 Å². The van der Waals surface area contributed by atoms with E-state index in [1.54, 1.807) is 14.0 Å². The lowest BCUT2D eigenvalue weighted by molar-refractivity contribution is 0.0989. The molecule has 0 atom stereocenters. The highest BCUT2D eigenvalue weighted by Crippen LogP contribution is 2.24. The summed E-state index contributed by atoms with van der Waals surface area (Å²) in [6.07, 6.45) is 0. The van der Waals surface area contributed by atoms with E-state index < -0.39 is 11.6 Å². The molecule has 0 spiro atoms. The van der Waals surface area contributed by atoms with Crippen LogP contribution in [-0.4, -0.2) is 24.5 Å². The molecule has 2 N–H and O–H groups in total. The number of likely N-dealkylation sites (N-methyl/N-ethyl adjacent to an activating group) is 1. The average Bonchev–Trinajstić information content (AvgIpc) is 2.13. The van der Waals surface area contributed by atoms with Gasteiger partial charge in [0, 0.05) is 0 Å². The Morgan fingerprint density at radius 2 is 2.21 bits per heavy atom. The van der Waals surface area contributed by atoms with Crippen molar-refractivity contribution in [2.24, 2.45) is 0 Å². The molecule has 3 nitrogen and oxygen atoms in total. The summed E-state index contributed by atoms with van der Waals surface area (Å²) in [6.45, 7) is 1.74. The Labute approximate surface area is 81.6 Å². The van der Waals surface area contributed by atoms with Crippen molar-refractivity contribution in [1.82, 2.24) is 5.32 Å². The van der Waals surface area contributed by atoms with Crippen LogP contribution in [0.4, 0.5) is 4.39 Å². The molecule has 0 saturated carbocycles. The first-order valence-corrected chi connectivity index (χ1v) is 4.23. The molecule has 0 heterocycles. The molecule has 76 valence electrons. The van der Waals surface area contributed by atoms with Crippen LogP contribution >= 0.6 is 0 Å². The summed E-state index contributed by atoms with van der Waals surface area (Å²) >= 11 is 0. The molecular formula is C10H12FNO2. The van der Waals surface area contributed by atoms with Crippen LogP contribution < -0.4 is 5.32 Å². The second kappa shape index (κ2) is 4.19. The molecular weight excluding hydrogens is 185 g/mol. The number of hydrogen-bond acceptors (Lipinski definition) is 3. The van der Waals surface area contributed by atoms with Gasteiger partial charge in [0.15, 0.2) is 17.3 Å². The predicted molar refractivity (Wildman–Crippen MR) is 51.1 cm³/mol. The van der Waals surface area contributed by atoms with Crippen molar-refractivity contribution in [2.75, 3.05) is 13.6 Å². The fourth-order valence-electron chi connectivity index (χ4n) is 1.27. The van der Waals surface area contributed by atoms with E-state index in [1.807, 2.05) is 0 Å². The fourth-order valence-corrected chi connectivity index (χ4v) is 1.27. The van der Waals surface area contributed by atoms with Gasteiger partial charge in [0.05, 0.1) is 12.1 Å². The van der Waals surface area contributed by atoms with Crippen LogP contribution in [0.15, 0.2) is 12.1 Å². The summed E-state index contributed by atoms with van der Waals surface area (Å²) in [7, 11) is 1.61. The first-order chi connectivity index (χ1) is 6.57. The Hall–Kier alpha value is -1.42. The second-order valence-electron chi connectivity index (χ2n) is 3.04. The third-order valence-corrected chi connectivity index (χ3v) is 1.95. The number of Topliss-reactive ketones (excluding diaryl/α,β-unsaturated/α-hetero) is 1. The van der Waals surface area contributed by atoms with Gasteiger partial charge in [-0.25, -0.2) is 4.39 Å². The van der Waals surface area contributed by atoms with Gasteiger partial charge in [-0.2, -0.15) is 0 Å². The zero-order valence-electron chi connectivity index (χ0n) is 8.10. The van der Waals surface area contributed by atoms with Gasteiger partial charge in [0.1, 0.15) is 0 Å². The summed E-state index contributed by atoms with van der Waals surface area (Å²) < 4.78 is 12.9. The molecule has 1 aromatic carbocycles. The quantitative estimate of drug-likeness (QED) is 0.717. The van der Waals surface area contributed by atoms with Crippen molar-refractivity contribution in [2.45, 2.75) is 6.92 Å². The van der Waals surface area contributed by atoms with E-state index in [-0.39, 0.29) is 17.9 Å². The molecule has 0 bridgehead atoms. The Kier molecular flexibility index (Phi) is 3.19. The molecule has 0 aliphatic carbocycles. The molecule has 1 aromatic rings. The van der Waals surface area contributed by atoms with E-state index >= 15 is 0 Å². The molecule has 0 aliphatic heterocycles. The maximum Gasteiger partial charge on any atom is 0.180 e. The lowest BCUT2D eigenvalue weighted by Gasteiger charge is -2.07. The monoisotopic (exact) mass is 197 g/mol. The average molecular weight is 197 g/mol. The number of aryl methyl sites for hydroxylation is 1. The molecule has 0 saturated heterocycles. The second-order valence-corrected chi connectivity index (χ2v) is 3.04. The zero-order chi connectivity index (χ0) is 10.7. The van der Waals surface area contributed by atoms with Gasteiger partial charge in [0.2, 0.25) is 0 Å². The minimum Gasteiger partial charge on any atom is -0.504 e. The number of benzene rings is 1. The minimum absolute atomic E-state index is 0.0550. The van der Waals surface area contributed by atoms with Crippen LogP contribution in [0.5, 0.6) is 5.75 Å². The highest BCUT2D eigenvalue weighted by atomic mass is 19.1. The maximum absolute atomic E-state index is 12.9. The van der Waals surface area contributed by atoms with Gasteiger partial charge in [-0.1, -0.05) is 6.07 Å². The van der Waals surface area contributed by atoms with E-state index in [0.717, 1.165) is 6.07 Å². The topological polar surface area (TPSA) is 49.3 Å². The number of rotatable bonds is 3. The molecule has 0 aromatic heterocycles. The highest BCUT2D eigenvalue weighted by molar-refractivity contribution is 6.01. The van der Waals surface area contributed by atoms with Crippen LogP contribution in [0.3, 0.4) is 0 Å². The van der Waals surface area contributed by atoms with E-state index in [4.69, 9.17) is 0 Å². The highest BCUT2D eigenvalue weighted by Gasteiger charge is 2.16. The van der Waals surface area contributed by atoms with Crippen molar-refractivity contribution in [1.29, 1.82) is 0 Å². The van der Waals surface area contributed by atoms with Gasteiger partial charge >= 0.3 is 0 Å². The molecule has 1 rings (SSSR count). The number of hydrogen-bond donors (Lipinski definition) is 2. The van der Waals surface area contributed by atoms with Gasteiger partial charge in [-0.15, -0.1) is 0 Å². The number of halogens is 1. The molecule has 0 aliphatic rings. The Morgan fingerprint density at radius 1 is 1.57 bits per heavy atom. The summed E-state index contributed by atoms with van der Waals surface area (Å²) in [6, 6.07) is 2.61. The molecule has 0 amide bonds. The number of carbonyl (C=O) groups is 1. The SMILES string of the molecule is CNCC(=O)c1c(C)ccc(F)c1O. The first kappa shape index (κ1) is 10.7. The summed E-state index contributed by atoms with van der Waals surface area (Å²) in [5.41, 5.74) is 0.628. The lowest BCUT2D eigenvalue weighted by Crippen LogP contribution is -2.19. The number of phenols is 1. The molecule has 14 heavy (non-hydrogen) atoms. The predicted octanol–water partition coefficient (Wildman–Crippen LogP) is 1.24. The van der Waals surface area contributed by atoms with E-state index in [0.29, 0.717) is 5.56 Å². The van der Waals surface area contributed by atoms with Gasteiger partial charge in [0.25, 0.3) is 0 Å². The largest absolute Gasteiger partial charge is 0.504 e. The van der Waals surface area contributed by atoms with Gasteiger partial charge < -0.3 is 10.4 Å². The number of nitrogens with one attached hydrogen (secondary N) is 1. The summed E-state index contributed by atoms with van der Waals surface area (Å²) in [5.74, 6) is -1.65. The van der Waals surface area contributed by atoms with Crippen LogP contribution in [0, 0.1) is 12.7 Å². The van der Waals surface area contributed by atoms with Crippen molar-refractivity contribution >= 4 is 5.78 Å². The number of ketones is 1. The molecule has 4 heteroatoms. The Bertz CT molecular complexity index is 363. The van der Waals surface area contributed by atoms with Crippen LogP contribution in [0.1, 0.15) is 15.9 Å². The summed E-state index contributed by atoms with van der Waals surface area (Å²) in [5, 5.41) is 12.0. The van der Waals surface area contributed by atoms with Crippen LogP contribution in [0.2, 0.25) is 0 Å². The van der Waals surface area contributed by atoms with Crippen molar-refractivity contribution in [3.05, 3.63) is 29.1 Å². The number of phenolic OH excluding ortho intramolecular Hbond substituents is 1. The van der Waals surface area contributed by atoms with Crippen molar-refractivity contribution in [3.63, 3.8) is 0 Å². The third-order valence-electron chi connectivity index (χ3n) is 1.95. The minimum atomic E-state index is -0.768. The lowest BCUT2D eigenvalue weighted by atomic mass is 10.0. The van der Waals surface area contributed by atoms with Gasteiger partial charge in [-0.3, -0.25) is 4.79 Å². The molecule has 0 radical (unpaired) electrons. The van der Waals surface area contributed by atoms with Crippen LogP contribution in [0.25, 0.3) is 0 Å². The molecule has 0 fully saturated rings. The van der Waals surface area contributed by atoms with E-state index in [1.165, 1.54) is 6.07 Å². The fraction of sp³-hybridized carbons (Fsp3) is 0.300. The standard InChI is InChI=1S/C10H12FNO2/c1-6-3-4-7(11)10(14)9(6)8(13)5-12-2/h3-4,12,14H,5H2,1-2H3. The van der Waals surface area contributed by atoms with Crippen molar-refractivity contribution in [3.8, 4) is 5.75 Å². The summed E-state index contributed by atoms with van der Waals surface area (Å²) in [4.78, 5) is 11.4. The normalized spacial score (nSPS) is 10.2. The Balaban J connectivity index is 3.18. The Morgan fingerprint density at radius 3 is 2.79 bits per heavy atom. The molecule has 0 unspecified atom stereocenters. The van der Waals surface area contributed by atoms with Crippen LogP contribution in [-0.2, 0) is 0 Å². The third kappa shape index (κ3) is 1.90. The zero-order valence-corrected chi connectivity index (χ0v) is 8.10. The van der Waals surface area contributed by atoms with Crippen molar-refractivity contribution < 1.29 is 14.3 Å². The van der Waals surface area contributed by atoms with E-state index in [9.17, 15) is 14.3 Å². The smallest absolute Gasteiger partial charge is 0.180 e. The number of aromatic hydroxyl groups is 1. The number of carbonyl (C=O) groups excluding carboxylic acids is 1. The van der Waals surface area contributed by atoms with Gasteiger partial charge in [-0.05, 0) is 25.6 Å².